The van der Waals surface area contributed by atoms with E-state index >= 15 is 0 Å². The molecule has 1 aliphatic heterocycles. The van der Waals surface area contributed by atoms with Crippen molar-refractivity contribution >= 4 is 27.3 Å². The van der Waals surface area contributed by atoms with Crippen LogP contribution in [0.15, 0.2) is 47.4 Å². The van der Waals surface area contributed by atoms with Gasteiger partial charge in [0.1, 0.15) is 0 Å². The van der Waals surface area contributed by atoms with Crippen molar-refractivity contribution in [2.75, 3.05) is 25.0 Å². The third-order valence-corrected chi connectivity index (χ3v) is 6.42. The van der Waals surface area contributed by atoms with E-state index < -0.39 is 27.5 Å². The molecule has 1 N–H and O–H groups in total. The van der Waals surface area contributed by atoms with Crippen molar-refractivity contribution < 1.29 is 22.9 Å². The summed E-state index contributed by atoms with van der Waals surface area (Å²) in [5.41, 5.74) is 0.893. The Bertz CT molecular complexity index is 1010. The largest absolute Gasteiger partial charge is 0.477 e. The number of aryl methyl sites for hydroxylation is 1. The van der Waals surface area contributed by atoms with E-state index in [1.54, 1.807) is 13.0 Å². The molecule has 9 nitrogen and oxygen atoms in total. The van der Waals surface area contributed by atoms with E-state index in [0.717, 1.165) is 12.8 Å². The van der Waals surface area contributed by atoms with Crippen molar-refractivity contribution in [3.05, 3.63) is 58.1 Å². The first-order valence-electron chi connectivity index (χ1n) is 9.05. The molecule has 10 heteroatoms. The maximum absolute atomic E-state index is 12.5. The minimum absolute atomic E-state index is 0.00260. The lowest BCUT2D eigenvalue weighted by atomic mass is 10.2. The summed E-state index contributed by atoms with van der Waals surface area (Å²) in [5.74, 6) is -0.516. The van der Waals surface area contributed by atoms with Gasteiger partial charge in [0.15, 0.2) is 12.4 Å². The highest BCUT2D eigenvalue weighted by Gasteiger charge is 2.27. The summed E-state index contributed by atoms with van der Waals surface area (Å²) in [6.45, 7) is 2.33. The summed E-state index contributed by atoms with van der Waals surface area (Å²) in [6.07, 6.45) is 1.71. The zero-order valence-corrected chi connectivity index (χ0v) is 16.6. The van der Waals surface area contributed by atoms with Crippen LogP contribution >= 0.6 is 0 Å². The number of nitrogens with zero attached hydrogens (tertiary/aromatic N) is 2. The fourth-order valence-corrected chi connectivity index (χ4v) is 4.54. The van der Waals surface area contributed by atoms with E-state index in [4.69, 9.17) is 4.74 Å². The van der Waals surface area contributed by atoms with Gasteiger partial charge in [-0.1, -0.05) is 6.07 Å². The molecular formula is C19H21N3O6S. The van der Waals surface area contributed by atoms with Crippen LogP contribution in [0.5, 0.6) is 5.75 Å². The number of benzene rings is 2. The number of nitro benzene ring substituents is 1. The zero-order chi connectivity index (χ0) is 21.0. The topological polar surface area (TPSA) is 119 Å². The number of ether oxygens (including phenoxy) is 1. The number of carbonyl (C=O) groups excluding carboxylic acids is 1. The van der Waals surface area contributed by atoms with Crippen LogP contribution in [0, 0.1) is 17.0 Å². The number of hydrogen-bond donors (Lipinski definition) is 1. The van der Waals surface area contributed by atoms with E-state index in [0.29, 0.717) is 24.3 Å². The molecule has 0 radical (unpaired) electrons. The fourth-order valence-electron chi connectivity index (χ4n) is 3.02. The molecule has 0 aliphatic carbocycles. The van der Waals surface area contributed by atoms with Gasteiger partial charge in [0.25, 0.3) is 5.91 Å². The zero-order valence-electron chi connectivity index (χ0n) is 15.8. The van der Waals surface area contributed by atoms with Crippen LogP contribution < -0.4 is 10.1 Å². The highest BCUT2D eigenvalue weighted by Crippen LogP contribution is 2.27. The molecule has 1 amide bonds. The quantitative estimate of drug-likeness (QED) is 0.544. The monoisotopic (exact) mass is 419 g/mol. The molecule has 3 rings (SSSR count). The summed E-state index contributed by atoms with van der Waals surface area (Å²) >= 11 is 0. The summed E-state index contributed by atoms with van der Waals surface area (Å²) in [4.78, 5) is 22.8. The number of rotatable bonds is 7. The SMILES string of the molecule is Cc1ccc(OCC(=O)Nc2ccc(S(=O)(=O)N3CCCC3)cc2)c([N+](=O)[O-])c1. The minimum Gasteiger partial charge on any atom is -0.477 e. The summed E-state index contributed by atoms with van der Waals surface area (Å²) in [5, 5.41) is 13.7. The Morgan fingerprint density at radius 2 is 1.83 bits per heavy atom. The van der Waals surface area contributed by atoms with Gasteiger partial charge in [0.2, 0.25) is 10.0 Å². The molecule has 0 aromatic heterocycles. The molecule has 1 heterocycles. The van der Waals surface area contributed by atoms with Crippen molar-refractivity contribution in [3.8, 4) is 5.75 Å². The van der Waals surface area contributed by atoms with Crippen LogP contribution in [0.3, 0.4) is 0 Å². The Morgan fingerprint density at radius 3 is 2.45 bits per heavy atom. The Labute approximate surface area is 168 Å². The molecule has 1 fully saturated rings. The second-order valence-electron chi connectivity index (χ2n) is 6.70. The van der Waals surface area contributed by atoms with Crippen molar-refractivity contribution in [1.82, 2.24) is 4.31 Å². The molecule has 0 unspecified atom stereocenters. The summed E-state index contributed by atoms with van der Waals surface area (Å²) in [7, 11) is -3.51. The maximum atomic E-state index is 12.5. The fraction of sp³-hybridized carbons (Fsp3) is 0.316. The van der Waals surface area contributed by atoms with Crippen LogP contribution in [0.1, 0.15) is 18.4 Å². The first-order valence-corrected chi connectivity index (χ1v) is 10.5. The Balaban J connectivity index is 1.61. The van der Waals surface area contributed by atoms with Crippen molar-refractivity contribution in [2.24, 2.45) is 0 Å². The van der Waals surface area contributed by atoms with Gasteiger partial charge in [-0.3, -0.25) is 14.9 Å². The molecule has 29 heavy (non-hydrogen) atoms. The summed E-state index contributed by atoms with van der Waals surface area (Å²) in [6, 6.07) is 10.3. The van der Waals surface area contributed by atoms with E-state index in [1.165, 1.54) is 40.7 Å². The van der Waals surface area contributed by atoms with Gasteiger partial charge in [-0.25, -0.2) is 8.42 Å². The van der Waals surface area contributed by atoms with Gasteiger partial charge in [0.05, 0.1) is 9.82 Å². The molecular weight excluding hydrogens is 398 g/mol. The van der Waals surface area contributed by atoms with Crippen LogP contribution in [0.4, 0.5) is 11.4 Å². The molecule has 1 aliphatic rings. The van der Waals surface area contributed by atoms with Crippen LogP contribution in [-0.4, -0.2) is 43.2 Å². The first kappa shape index (κ1) is 20.7. The van der Waals surface area contributed by atoms with E-state index in [9.17, 15) is 23.3 Å². The molecule has 2 aromatic rings. The average molecular weight is 419 g/mol. The number of nitrogens with one attached hydrogen (secondary N) is 1. The van der Waals surface area contributed by atoms with Crippen molar-refractivity contribution in [3.63, 3.8) is 0 Å². The van der Waals surface area contributed by atoms with Crippen LogP contribution in [0.2, 0.25) is 0 Å². The number of amides is 1. The number of carbonyl (C=O) groups is 1. The third-order valence-electron chi connectivity index (χ3n) is 4.51. The first-order chi connectivity index (χ1) is 13.8. The van der Waals surface area contributed by atoms with Gasteiger partial charge in [-0.2, -0.15) is 4.31 Å². The molecule has 0 saturated carbocycles. The van der Waals surface area contributed by atoms with Gasteiger partial charge >= 0.3 is 5.69 Å². The van der Waals surface area contributed by atoms with Gasteiger partial charge in [-0.05, 0) is 55.7 Å². The second-order valence-corrected chi connectivity index (χ2v) is 8.64. The second kappa shape index (κ2) is 8.58. The Kier molecular flexibility index (Phi) is 6.14. The van der Waals surface area contributed by atoms with Crippen LogP contribution in [0.25, 0.3) is 0 Å². The van der Waals surface area contributed by atoms with Gasteiger partial charge in [-0.15, -0.1) is 0 Å². The predicted molar refractivity (Wildman–Crippen MR) is 106 cm³/mol. The highest BCUT2D eigenvalue weighted by molar-refractivity contribution is 7.89. The predicted octanol–water partition coefficient (Wildman–Crippen LogP) is 2.71. The Hall–Kier alpha value is -2.98. The average Bonchev–Trinajstić information content (AvgIpc) is 3.23. The lowest BCUT2D eigenvalue weighted by Gasteiger charge is -2.15. The number of anilines is 1. The smallest absolute Gasteiger partial charge is 0.311 e. The molecule has 0 atom stereocenters. The maximum Gasteiger partial charge on any atom is 0.311 e. The molecule has 0 bridgehead atoms. The molecule has 154 valence electrons. The van der Waals surface area contributed by atoms with E-state index in [-0.39, 0.29) is 16.3 Å². The standard InChI is InChI=1S/C19H21N3O6S/c1-14-4-9-18(17(12-14)22(24)25)28-13-19(23)20-15-5-7-16(8-6-15)29(26,27)21-10-2-3-11-21/h4-9,12H,2-3,10-11,13H2,1H3,(H,20,23). The number of nitro groups is 1. The normalized spacial score (nSPS) is 14.5. The van der Waals surface area contributed by atoms with Gasteiger partial charge < -0.3 is 10.1 Å². The summed E-state index contributed by atoms with van der Waals surface area (Å²) < 4.78 is 31.7. The lowest BCUT2D eigenvalue weighted by Crippen LogP contribution is -2.27. The highest BCUT2D eigenvalue weighted by atomic mass is 32.2. The molecule has 1 saturated heterocycles. The molecule has 0 spiro atoms. The lowest BCUT2D eigenvalue weighted by molar-refractivity contribution is -0.385. The van der Waals surface area contributed by atoms with Gasteiger partial charge in [0, 0.05) is 24.8 Å². The van der Waals surface area contributed by atoms with Crippen molar-refractivity contribution in [1.29, 1.82) is 0 Å². The van der Waals surface area contributed by atoms with E-state index in [2.05, 4.69) is 5.32 Å². The third kappa shape index (κ3) is 4.90. The number of hydrogen-bond acceptors (Lipinski definition) is 6. The van der Waals surface area contributed by atoms with Crippen LogP contribution in [-0.2, 0) is 14.8 Å². The van der Waals surface area contributed by atoms with E-state index in [1.807, 2.05) is 0 Å². The number of sulfonamides is 1. The van der Waals surface area contributed by atoms with Crippen molar-refractivity contribution in [2.45, 2.75) is 24.7 Å². The molecule has 2 aromatic carbocycles. The minimum atomic E-state index is -3.51. The Morgan fingerprint density at radius 1 is 1.17 bits per heavy atom.